The zero-order chi connectivity index (χ0) is 22.6. The summed E-state index contributed by atoms with van der Waals surface area (Å²) < 4.78 is 5.04. The Morgan fingerprint density at radius 2 is 1.97 bits per heavy atom. The van der Waals surface area contributed by atoms with E-state index in [-0.39, 0.29) is 29.0 Å². The minimum atomic E-state index is -1.61. The van der Waals surface area contributed by atoms with Gasteiger partial charge in [-0.2, -0.15) is 0 Å². The van der Waals surface area contributed by atoms with Gasteiger partial charge in [-0.05, 0) is 74.7 Å². The quantitative estimate of drug-likeness (QED) is 0.525. The Kier molecular flexibility index (Phi) is 5.54. The van der Waals surface area contributed by atoms with Gasteiger partial charge in [0, 0.05) is 17.9 Å². The van der Waals surface area contributed by atoms with Crippen LogP contribution in [0.1, 0.15) is 65.7 Å². The molecule has 6 nitrogen and oxygen atoms in total. The van der Waals surface area contributed by atoms with Crippen LogP contribution in [0.25, 0.3) is 0 Å². The lowest BCUT2D eigenvalue weighted by atomic mass is 9.45. The summed E-state index contributed by atoms with van der Waals surface area (Å²) >= 11 is 0. The van der Waals surface area contributed by atoms with Crippen LogP contribution in [0.2, 0.25) is 0 Å². The van der Waals surface area contributed by atoms with Crippen molar-refractivity contribution in [2.75, 3.05) is 6.61 Å². The molecular formula is C25H34O6. The Morgan fingerprint density at radius 1 is 1.23 bits per heavy atom. The minimum Gasteiger partial charge on any atom is -0.454 e. The van der Waals surface area contributed by atoms with Gasteiger partial charge in [0.2, 0.25) is 5.78 Å². The first-order chi connectivity index (χ1) is 14.6. The SMILES string of the molecule is C/C=C/C(=O)OCC(=O)[C@@]1(O)CC[C@H]2[C@@H]3CCC4=CC(=O)CC[C@]4(C)[C@H]3[C@H](O)C[C@@]21C. The third-order valence-electron chi connectivity index (χ3n) is 9.16. The maximum atomic E-state index is 13.1. The molecule has 0 saturated heterocycles. The largest absolute Gasteiger partial charge is 0.454 e. The number of ketones is 2. The van der Waals surface area contributed by atoms with Crippen molar-refractivity contribution < 1.29 is 29.3 Å². The van der Waals surface area contributed by atoms with Crippen LogP contribution in [-0.4, -0.2) is 46.1 Å². The lowest BCUT2D eigenvalue weighted by Crippen LogP contribution is -2.62. The van der Waals surface area contributed by atoms with Crippen molar-refractivity contribution in [2.24, 2.45) is 28.6 Å². The number of allylic oxidation sites excluding steroid dienone is 2. The van der Waals surface area contributed by atoms with E-state index in [1.54, 1.807) is 13.0 Å². The molecule has 0 spiro atoms. The van der Waals surface area contributed by atoms with Crippen LogP contribution in [0.3, 0.4) is 0 Å². The summed E-state index contributed by atoms with van der Waals surface area (Å²) in [5.41, 5.74) is -1.42. The maximum Gasteiger partial charge on any atom is 0.330 e. The molecule has 0 aromatic rings. The molecule has 7 atom stereocenters. The molecule has 31 heavy (non-hydrogen) atoms. The van der Waals surface area contributed by atoms with Crippen molar-refractivity contribution in [2.45, 2.75) is 77.4 Å². The number of aliphatic hydroxyl groups is 2. The first-order valence-corrected chi connectivity index (χ1v) is 11.5. The van der Waals surface area contributed by atoms with Crippen molar-refractivity contribution in [3.05, 3.63) is 23.8 Å². The van der Waals surface area contributed by atoms with E-state index in [9.17, 15) is 24.6 Å². The van der Waals surface area contributed by atoms with Gasteiger partial charge < -0.3 is 14.9 Å². The number of hydrogen-bond acceptors (Lipinski definition) is 6. The average molecular weight is 431 g/mol. The second-order valence-electron chi connectivity index (χ2n) is 10.5. The summed E-state index contributed by atoms with van der Waals surface area (Å²) in [5.74, 6) is -0.576. The number of hydrogen-bond donors (Lipinski definition) is 2. The van der Waals surface area contributed by atoms with E-state index in [0.717, 1.165) is 24.8 Å². The fourth-order valence-corrected chi connectivity index (χ4v) is 7.59. The normalized spacial score (nSPS) is 44.3. The molecule has 3 saturated carbocycles. The number of fused-ring (bicyclic) bond motifs is 5. The van der Waals surface area contributed by atoms with Gasteiger partial charge in [-0.25, -0.2) is 4.79 Å². The monoisotopic (exact) mass is 430 g/mol. The number of carbonyl (C=O) groups excluding carboxylic acids is 3. The Bertz CT molecular complexity index is 858. The fraction of sp³-hybridized carbons (Fsp3) is 0.720. The topological polar surface area (TPSA) is 101 Å². The molecule has 0 amide bonds. The van der Waals surface area contributed by atoms with Gasteiger partial charge in [0.25, 0.3) is 0 Å². The molecular weight excluding hydrogens is 396 g/mol. The molecule has 0 aliphatic heterocycles. The second kappa shape index (κ2) is 7.66. The smallest absolute Gasteiger partial charge is 0.330 e. The summed E-state index contributed by atoms with van der Waals surface area (Å²) in [6.07, 6.45) is 8.25. The zero-order valence-electron chi connectivity index (χ0n) is 18.7. The number of Topliss-reactive ketones (excluding diaryl/α,β-unsaturated/α-hetero) is 1. The van der Waals surface area contributed by atoms with E-state index < -0.39 is 35.5 Å². The summed E-state index contributed by atoms with van der Waals surface area (Å²) in [4.78, 5) is 36.7. The molecule has 4 aliphatic carbocycles. The maximum absolute atomic E-state index is 13.1. The van der Waals surface area contributed by atoms with E-state index in [4.69, 9.17) is 4.74 Å². The van der Waals surface area contributed by atoms with Gasteiger partial charge in [-0.1, -0.05) is 25.5 Å². The van der Waals surface area contributed by atoms with E-state index in [1.165, 1.54) is 12.2 Å². The molecule has 0 unspecified atom stereocenters. The zero-order valence-corrected chi connectivity index (χ0v) is 18.7. The standard InChI is InChI=1S/C25H34O6/c1-4-5-21(29)31-14-20(28)25(30)11-9-18-17-7-6-15-12-16(26)8-10-23(15,2)22(17)19(27)13-24(18,25)3/h4-5,12,17-19,22,27,30H,6-11,13-14H2,1-3H3/b5-4+/t17-,18-,19+,22+,23-,24-,25-/m0/s1. The molecule has 3 fully saturated rings. The molecule has 0 radical (unpaired) electrons. The molecule has 6 heteroatoms. The Morgan fingerprint density at radius 3 is 2.68 bits per heavy atom. The van der Waals surface area contributed by atoms with Crippen LogP contribution in [0, 0.1) is 28.6 Å². The van der Waals surface area contributed by atoms with Crippen molar-refractivity contribution in [3.8, 4) is 0 Å². The van der Waals surface area contributed by atoms with Crippen molar-refractivity contribution in [3.63, 3.8) is 0 Å². The summed E-state index contributed by atoms with van der Waals surface area (Å²) in [5, 5.41) is 22.9. The first kappa shape index (κ1) is 22.4. The first-order valence-electron chi connectivity index (χ1n) is 11.5. The van der Waals surface area contributed by atoms with Crippen LogP contribution in [0.15, 0.2) is 23.8 Å². The molecule has 0 aromatic carbocycles. The summed E-state index contributed by atoms with van der Waals surface area (Å²) in [7, 11) is 0. The summed E-state index contributed by atoms with van der Waals surface area (Å²) in [6.45, 7) is 5.33. The molecule has 2 N–H and O–H groups in total. The van der Waals surface area contributed by atoms with Gasteiger partial charge in [0.05, 0.1) is 6.10 Å². The van der Waals surface area contributed by atoms with Gasteiger partial charge in [-0.15, -0.1) is 0 Å². The van der Waals surface area contributed by atoms with Gasteiger partial charge in [0.15, 0.2) is 12.4 Å². The van der Waals surface area contributed by atoms with Gasteiger partial charge in [-0.3, -0.25) is 9.59 Å². The van der Waals surface area contributed by atoms with Gasteiger partial charge >= 0.3 is 5.97 Å². The molecule has 4 aliphatic rings. The Hall–Kier alpha value is -1.79. The predicted molar refractivity (Wildman–Crippen MR) is 114 cm³/mol. The van der Waals surface area contributed by atoms with Crippen LogP contribution in [0.4, 0.5) is 0 Å². The molecule has 170 valence electrons. The van der Waals surface area contributed by atoms with Crippen LogP contribution in [0.5, 0.6) is 0 Å². The lowest BCUT2D eigenvalue weighted by Gasteiger charge is -2.60. The molecule has 0 bridgehead atoms. The number of rotatable bonds is 4. The highest BCUT2D eigenvalue weighted by molar-refractivity contribution is 5.92. The second-order valence-corrected chi connectivity index (χ2v) is 10.5. The number of carbonyl (C=O) groups is 3. The number of esters is 1. The molecule has 4 rings (SSSR count). The van der Waals surface area contributed by atoms with Crippen LogP contribution >= 0.6 is 0 Å². The highest BCUT2D eigenvalue weighted by Gasteiger charge is 2.68. The predicted octanol–water partition coefficient (Wildman–Crippen LogP) is 2.91. The number of aliphatic hydroxyl groups excluding tert-OH is 1. The third-order valence-corrected chi connectivity index (χ3v) is 9.16. The molecule has 0 heterocycles. The van der Waals surface area contributed by atoms with Crippen molar-refractivity contribution >= 4 is 17.5 Å². The highest BCUT2D eigenvalue weighted by Crippen LogP contribution is 2.67. The van der Waals surface area contributed by atoms with E-state index in [2.05, 4.69) is 6.92 Å². The fourth-order valence-electron chi connectivity index (χ4n) is 7.59. The Labute approximate surface area is 183 Å². The van der Waals surface area contributed by atoms with Crippen LogP contribution < -0.4 is 0 Å². The minimum absolute atomic E-state index is 0.0312. The van der Waals surface area contributed by atoms with E-state index >= 15 is 0 Å². The lowest BCUT2D eigenvalue weighted by molar-refractivity contribution is -0.184. The average Bonchev–Trinajstić information content (AvgIpc) is 2.98. The number of ether oxygens (including phenoxy) is 1. The van der Waals surface area contributed by atoms with E-state index in [0.29, 0.717) is 25.7 Å². The van der Waals surface area contributed by atoms with Crippen molar-refractivity contribution in [1.29, 1.82) is 0 Å². The Balaban J connectivity index is 1.60. The van der Waals surface area contributed by atoms with Crippen LogP contribution in [-0.2, 0) is 19.1 Å². The third kappa shape index (κ3) is 3.25. The van der Waals surface area contributed by atoms with Crippen molar-refractivity contribution in [1.82, 2.24) is 0 Å². The highest BCUT2D eigenvalue weighted by atomic mass is 16.5. The molecule has 0 aromatic heterocycles. The van der Waals surface area contributed by atoms with E-state index in [1.807, 2.05) is 6.92 Å². The van der Waals surface area contributed by atoms with Gasteiger partial charge in [0.1, 0.15) is 5.60 Å². The summed E-state index contributed by atoms with van der Waals surface area (Å²) in [6, 6.07) is 0.